The summed E-state index contributed by atoms with van der Waals surface area (Å²) in [5.74, 6) is 0.484. The zero-order valence-corrected chi connectivity index (χ0v) is 16.0. The second-order valence-corrected chi connectivity index (χ2v) is 7.58. The van der Waals surface area contributed by atoms with E-state index < -0.39 is 0 Å². The summed E-state index contributed by atoms with van der Waals surface area (Å²) in [6, 6.07) is 3.75. The highest BCUT2D eigenvalue weighted by Gasteiger charge is 2.37. The zero-order valence-electron chi connectivity index (χ0n) is 16.0. The summed E-state index contributed by atoms with van der Waals surface area (Å²) in [5.41, 5.74) is 0. The molecular formula is C19H28N4O4. The van der Waals surface area contributed by atoms with Crippen molar-refractivity contribution >= 4 is 17.7 Å². The fourth-order valence-electron chi connectivity index (χ4n) is 3.64. The van der Waals surface area contributed by atoms with Gasteiger partial charge < -0.3 is 19.5 Å². The third-order valence-electron chi connectivity index (χ3n) is 4.99. The van der Waals surface area contributed by atoms with E-state index in [0.717, 1.165) is 5.76 Å². The standard InChI is InChI=1S/C19H28N4O4/c1-14(2)20-17(24)13-21-5-7-22(8-6-21)19(26)15-10-18(25)23(11-15)12-16-4-3-9-27-16/h3-4,9,14-15H,5-8,10-13H2,1-2H3,(H,20,24). The van der Waals surface area contributed by atoms with Gasteiger partial charge in [-0.1, -0.05) is 0 Å². The minimum atomic E-state index is -0.289. The molecule has 0 bridgehead atoms. The minimum absolute atomic E-state index is 0.00579. The van der Waals surface area contributed by atoms with Gasteiger partial charge in [-0.3, -0.25) is 19.3 Å². The van der Waals surface area contributed by atoms with E-state index in [2.05, 4.69) is 10.2 Å². The van der Waals surface area contributed by atoms with Crippen molar-refractivity contribution in [2.75, 3.05) is 39.3 Å². The summed E-state index contributed by atoms with van der Waals surface area (Å²) >= 11 is 0. The summed E-state index contributed by atoms with van der Waals surface area (Å²) in [7, 11) is 0. The monoisotopic (exact) mass is 376 g/mol. The fourth-order valence-corrected chi connectivity index (χ4v) is 3.64. The first kappa shape index (κ1) is 19.4. The summed E-state index contributed by atoms with van der Waals surface area (Å²) in [6.45, 7) is 7.62. The molecule has 1 aromatic rings. The number of nitrogens with one attached hydrogen (secondary N) is 1. The van der Waals surface area contributed by atoms with Crippen molar-refractivity contribution in [2.45, 2.75) is 32.9 Å². The molecule has 2 aliphatic rings. The second kappa shape index (κ2) is 8.56. The van der Waals surface area contributed by atoms with E-state index in [0.29, 0.717) is 45.8 Å². The quantitative estimate of drug-likeness (QED) is 0.772. The SMILES string of the molecule is CC(C)NC(=O)CN1CCN(C(=O)C2CC(=O)N(Cc3ccco3)C2)CC1. The summed E-state index contributed by atoms with van der Waals surface area (Å²) in [4.78, 5) is 42.5. The third-order valence-corrected chi connectivity index (χ3v) is 4.99. The van der Waals surface area contributed by atoms with Gasteiger partial charge in [-0.05, 0) is 26.0 Å². The molecule has 0 aromatic carbocycles. The van der Waals surface area contributed by atoms with Gasteiger partial charge >= 0.3 is 0 Å². The largest absolute Gasteiger partial charge is 0.467 e. The molecular weight excluding hydrogens is 348 g/mol. The van der Waals surface area contributed by atoms with E-state index >= 15 is 0 Å². The topological polar surface area (TPSA) is 86.1 Å². The lowest BCUT2D eigenvalue weighted by molar-refractivity contribution is -0.137. The van der Waals surface area contributed by atoms with Gasteiger partial charge in [0.2, 0.25) is 17.7 Å². The Kier molecular flexibility index (Phi) is 6.15. The molecule has 0 radical (unpaired) electrons. The van der Waals surface area contributed by atoms with Crippen LogP contribution in [0, 0.1) is 5.92 Å². The van der Waals surface area contributed by atoms with Gasteiger partial charge in [-0.25, -0.2) is 0 Å². The van der Waals surface area contributed by atoms with Crippen molar-refractivity contribution in [3.05, 3.63) is 24.2 Å². The first-order chi connectivity index (χ1) is 12.9. The molecule has 0 spiro atoms. The van der Waals surface area contributed by atoms with Gasteiger partial charge in [0.1, 0.15) is 5.76 Å². The van der Waals surface area contributed by atoms with Gasteiger partial charge in [0, 0.05) is 45.2 Å². The lowest BCUT2D eigenvalue weighted by atomic mass is 10.1. The predicted molar refractivity (Wildman–Crippen MR) is 98.5 cm³/mol. The molecule has 2 fully saturated rings. The highest BCUT2D eigenvalue weighted by atomic mass is 16.3. The maximum atomic E-state index is 12.8. The number of rotatable bonds is 6. The summed E-state index contributed by atoms with van der Waals surface area (Å²) < 4.78 is 5.30. The Bertz CT molecular complexity index is 665. The van der Waals surface area contributed by atoms with Crippen LogP contribution in [0.3, 0.4) is 0 Å². The van der Waals surface area contributed by atoms with Crippen LogP contribution < -0.4 is 5.32 Å². The molecule has 148 valence electrons. The Morgan fingerprint density at radius 1 is 1.26 bits per heavy atom. The summed E-state index contributed by atoms with van der Waals surface area (Å²) in [6.07, 6.45) is 1.84. The van der Waals surface area contributed by atoms with Crippen LogP contribution in [0.2, 0.25) is 0 Å². The molecule has 0 saturated carbocycles. The number of carbonyl (C=O) groups is 3. The lowest BCUT2D eigenvalue weighted by Gasteiger charge is -2.35. The molecule has 3 amide bonds. The Morgan fingerprint density at radius 3 is 2.63 bits per heavy atom. The minimum Gasteiger partial charge on any atom is -0.467 e. The molecule has 2 saturated heterocycles. The van der Waals surface area contributed by atoms with Gasteiger partial charge in [0.15, 0.2) is 0 Å². The van der Waals surface area contributed by atoms with Gasteiger partial charge in [-0.15, -0.1) is 0 Å². The molecule has 27 heavy (non-hydrogen) atoms. The predicted octanol–water partition coefficient (Wildman–Crippen LogP) is 0.297. The van der Waals surface area contributed by atoms with Crippen molar-refractivity contribution in [1.82, 2.24) is 20.0 Å². The first-order valence-corrected chi connectivity index (χ1v) is 9.53. The molecule has 1 atom stereocenters. The maximum Gasteiger partial charge on any atom is 0.234 e. The van der Waals surface area contributed by atoms with Crippen LogP contribution in [0.5, 0.6) is 0 Å². The van der Waals surface area contributed by atoms with Gasteiger partial charge in [0.05, 0.1) is 25.3 Å². The average molecular weight is 376 g/mol. The number of piperazine rings is 1. The molecule has 8 nitrogen and oxygen atoms in total. The molecule has 0 aliphatic carbocycles. The Balaban J connectivity index is 1.45. The van der Waals surface area contributed by atoms with Crippen LogP contribution >= 0.6 is 0 Å². The normalized spacial score (nSPS) is 21.1. The van der Waals surface area contributed by atoms with Crippen molar-refractivity contribution in [1.29, 1.82) is 0 Å². The maximum absolute atomic E-state index is 12.8. The average Bonchev–Trinajstić information content (AvgIpc) is 3.25. The van der Waals surface area contributed by atoms with Gasteiger partial charge in [-0.2, -0.15) is 0 Å². The molecule has 1 N–H and O–H groups in total. The molecule has 3 rings (SSSR count). The van der Waals surface area contributed by atoms with Crippen molar-refractivity contribution < 1.29 is 18.8 Å². The summed E-state index contributed by atoms with van der Waals surface area (Å²) in [5, 5.41) is 2.88. The molecule has 1 aromatic heterocycles. The smallest absolute Gasteiger partial charge is 0.234 e. The molecule has 2 aliphatic heterocycles. The second-order valence-electron chi connectivity index (χ2n) is 7.58. The van der Waals surface area contributed by atoms with E-state index in [-0.39, 0.29) is 36.1 Å². The van der Waals surface area contributed by atoms with Crippen LogP contribution in [0.4, 0.5) is 0 Å². The number of furan rings is 1. The van der Waals surface area contributed by atoms with Crippen molar-refractivity contribution in [2.24, 2.45) is 5.92 Å². The highest BCUT2D eigenvalue weighted by molar-refractivity contribution is 5.89. The number of nitrogens with zero attached hydrogens (tertiary/aromatic N) is 3. The third kappa shape index (κ3) is 5.09. The molecule has 3 heterocycles. The van der Waals surface area contributed by atoms with E-state index in [4.69, 9.17) is 4.42 Å². The van der Waals surface area contributed by atoms with E-state index in [9.17, 15) is 14.4 Å². The van der Waals surface area contributed by atoms with Gasteiger partial charge in [0.25, 0.3) is 0 Å². The van der Waals surface area contributed by atoms with E-state index in [1.54, 1.807) is 17.2 Å². The first-order valence-electron chi connectivity index (χ1n) is 9.53. The van der Waals surface area contributed by atoms with Crippen LogP contribution in [0.15, 0.2) is 22.8 Å². The van der Waals surface area contributed by atoms with Crippen LogP contribution in [0.25, 0.3) is 0 Å². The Labute approximate surface area is 159 Å². The lowest BCUT2D eigenvalue weighted by Crippen LogP contribution is -2.52. The number of carbonyl (C=O) groups excluding carboxylic acids is 3. The highest BCUT2D eigenvalue weighted by Crippen LogP contribution is 2.23. The fraction of sp³-hybridized carbons (Fsp3) is 0.632. The zero-order chi connectivity index (χ0) is 19.4. The number of hydrogen-bond donors (Lipinski definition) is 1. The number of likely N-dealkylation sites (tertiary alicyclic amines) is 1. The van der Waals surface area contributed by atoms with Crippen LogP contribution in [0.1, 0.15) is 26.0 Å². The van der Waals surface area contributed by atoms with Crippen LogP contribution in [-0.2, 0) is 20.9 Å². The Morgan fingerprint density at radius 2 is 2.00 bits per heavy atom. The van der Waals surface area contributed by atoms with E-state index in [1.165, 1.54) is 0 Å². The van der Waals surface area contributed by atoms with E-state index in [1.807, 2.05) is 24.8 Å². The molecule has 1 unspecified atom stereocenters. The van der Waals surface area contributed by atoms with Crippen molar-refractivity contribution in [3.63, 3.8) is 0 Å². The van der Waals surface area contributed by atoms with Crippen LogP contribution in [-0.4, -0.2) is 77.7 Å². The number of hydrogen-bond acceptors (Lipinski definition) is 5. The number of amides is 3. The molecule has 8 heteroatoms. The van der Waals surface area contributed by atoms with Crippen molar-refractivity contribution in [3.8, 4) is 0 Å². The Hall–Kier alpha value is -2.35.